The first kappa shape index (κ1) is 19.3. The number of carbonyl (C=O) groups is 2. The maximum Gasteiger partial charge on any atom is 0.305 e. The lowest BCUT2D eigenvalue weighted by molar-refractivity contribution is -0.144. The van der Waals surface area contributed by atoms with E-state index in [0.717, 1.165) is 19.3 Å². The van der Waals surface area contributed by atoms with E-state index in [2.05, 4.69) is 33.0 Å². The van der Waals surface area contributed by atoms with Gasteiger partial charge in [-0.05, 0) is 43.4 Å². The second kappa shape index (κ2) is 7.20. The molecule has 0 aromatic carbocycles. The zero-order chi connectivity index (χ0) is 17.0. The maximum atomic E-state index is 11.9. The largest absolute Gasteiger partial charge is 0.466 e. The van der Waals surface area contributed by atoms with Crippen LogP contribution >= 0.6 is 11.6 Å². The summed E-state index contributed by atoms with van der Waals surface area (Å²) in [5, 5.41) is 3.11. The smallest absolute Gasteiger partial charge is 0.305 e. The van der Waals surface area contributed by atoms with Crippen LogP contribution in [0.25, 0.3) is 0 Å². The Morgan fingerprint density at radius 1 is 1.09 bits per heavy atom. The van der Waals surface area contributed by atoms with Crippen molar-refractivity contribution < 1.29 is 14.3 Å². The van der Waals surface area contributed by atoms with Crippen LogP contribution in [-0.4, -0.2) is 29.9 Å². The Balaban J connectivity index is 2.95. The highest BCUT2D eigenvalue weighted by Gasteiger charge is 2.48. The first-order valence-electron chi connectivity index (χ1n) is 8.06. The van der Waals surface area contributed by atoms with Crippen molar-refractivity contribution in [3.8, 4) is 0 Å². The van der Waals surface area contributed by atoms with Gasteiger partial charge in [-0.15, -0.1) is 11.6 Å². The summed E-state index contributed by atoms with van der Waals surface area (Å²) in [6.07, 6.45) is 3.72. The van der Waals surface area contributed by atoms with Crippen molar-refractivity contribution in [3.63, 3.8) is 0 Å². The van der Waals surface area contributed by atoms with Gasteiger partial charge in [0, 0.05) is 12.0 Å². The monoisotopic (exact) mass is 331 g/mol. The Morgan fingerprint density at radius 3 is 2.09 bits per heavy atom. The van der Waals surface area contributed by atoms with Gasteiger partial charge in [0.25, 0.3) is 0 Å². The quantitative estimate of drug-likeness (QED) is 0.597. The number of amides is 1. The minimum absolute atomic E-state index is 0.0536. The van der Waals surface area contributed by atoms with Crippen LogP contribution in [0.4, 0.5) is 0 Å². The molecule has 1 aliphatic carbocycles. The average Bonchev–Trinajstić information content (AvgIpc) is 2.33. The highest BCUT2D eigenvalue weighted by molar-refractivity contribution is 6.27. The summed E-state index contributed by atoms with van der Waals surface area (Å²) >= 11 is 5.68. The van der Waals surface area contributed by atoms with Gasteiger partial charge in [0.05, 0.1) is 6.61 Å². The number of alkyl halides is 1. The summed E-state index contributed by atoms with van der Waals surface area (Å²) in [5.74, 6) is -0.427. The van der Waals surface area contributed by atoms with Crippen LogP contribution in [0.15, 0.2) is 0 Å². The molecule has 1 fully saturated rings. The number of rotatable bonds is 6. The van der Waals surface area contributed by atoms with Crippen molar-refractivity contribution in [3.05, 3.63) is 0 Å². The molecule has 0 aliphatic heterocycles. The molecule has 0 aromatic heterocycles. The van der Waals surface area contributed by atoms with Crippen molar-refractivity contribution in [2.24, 2.45) is 10.8 Å². The van der Waals surface area contributed by atoms with E-state index in [1.807, 2.05) is 0 Å². The summed E-state index contributed by atoms with van der Waals surface area (Å²) in [6.45, 7) is 11.1. The lowest BCUT2D eigenvalue weighted by Crippen LogP contribution is -2.57. The molecule has 0 bridgehead atoms. The molecule has 0 heterocycles. The van der Waals surface area contributed by atoms with Crippen LogP contribution in [0.2, 0.25) is 0 Å². The molecular formula is C17H30ClNO3. The van der Waals surface area contributed by atoms with Crippen molar-refractivity contribution >= 4 is 23.5 Å². The molecule has 1 amide bonds. The molecular weight excluding hydrogens is 302 g/mol. The minimum Gasteiger partial charge on any atom is -0.466 e. The fourth-order valence-corrected chi connectivity index (χ4v) is 4.61. The first-order chi connectivity index (χ1) is 10.0. The Bertz CT molecular complexity index is 402. The van der Waals surface area contributed by atoms with E-state index < -0.39 is 0 Å². The van der Waals surface area contributed by atoms with Crippen LogP contribution in [-0.2, 0) is 14.3 Å². The summed E-state index contributed by atoms with van der Waals surface area (Å²) in [7, 11) is 0. The zero-order valence-electron chi connectivity index (χ0n) is 14.6. The van der Waals surface area contributed by atoms with Crippen LogP contribution in [0.5, 0.6) is 0 Å². The summed E-state index contributed by atoms with van der Waals surface area (Å²) in [6, 6.07) is 0. The van der Waals surface area contributed by atoms with Crippen molar-refractivity contribution in [1.29, 1.82) is 0 Å². The number of carbonyl (C=O) groups excluding carboxylic acids is 2. The molecule has 0 unspecified atom stereocenters. The average molecular weight is 332 g/mol. The van der Waals surface area contributed by atoms with Crippen LogP contribution < -0.4 is 5.32 Å². The maximum absolute atomic E-state index is 11.9. The minimum atomic E-state index is -0.385. The normalized spacial score (nSPS) is 21.9. The lowest BCUT2D eigenvalue weighted by Gasteiger charge is -2.52. The Kier molecular flexibility index (Phi) is 6.31. The SMILES string of the molecule is CCOC(=O)CCC1(NC(=O)CCl)CC(C)(C)CC(C)(C)C1. The van der Waals surface area contributed by atoms with Crippen molar-refractivity contribution in [2.75, 3.05) is 12.5 Å². The van der Waals surface area contributed by atoms with Gasteiger partial charge >= 0.3 is 5.97 Å². The van der Waals surface area contributed by atoms with E-state index in [0.29, 0.717) is 19.4 Å². The molecule has 4 nitrogen and oxygen atoms in total. The van der Waals surface area contributed by atoms with Gasteiger partial charge < -0.3 is 10.1 Å². The number of esters is 1. The van der Waals surface area contributed by atoms with Gasteiger partial charge in [-0.1, -0.05) is 27.7 Å². The van der Waals surface area contributed by atoms with Crippen molar-refractivity contribution in [2.45, 2.75) is 72.3 Å². The molecule has 0 radical (unpaired) electrons. The standard InChI is InChI=1S/C17H30ClNO3/c1-6-22-14(21)7-8-17(19-13(20)9-18)11-15(2,3)10-16(4,5)12-17/h6-12H2,1-5H3,(H,19,20). The second-order valence-electron chi connectivity index (χ2n) is 8.13. The topological polar surface area (TPSA) is 55.4 Å². The molecule has 22 heavy (non-hydrogen) atoms. The molecule has 1 aliphatic rings. The number of hydrogen-bond donors (Lipinski definition) is 1. The molecule has 1 N–H and O–H groups in total. The van der Waals surface area contributed by atoms with Gasteiger partial charge in [-0.25, -0.2) is 0 Å². The zero-order valence-corrected chi connectivity index (χ0v) is 15.3. The van der Waals surface area contributed by atoms with E-state index in [1.165, 1.54) is 0 Å². The summed E-state index contributed by atoms with van der Waals surface area (Å²) < 4.78 is 5.04. The van der Waals surface area contributed by atoms with E-state index in [4.69, 9.17) is 16.3 Å². The predicted octanol–water partition coefficient (Wildman–Crippen LogP) is 3.66. The second-order valence-corrected chi connectivity index (χ2v) is 8.39. The van der Waals surface area contributed by atoms with E-state index in [-0.39, 0.29) is 34.1 Å². The molecule has 0 atom stereocenters. The van der Waals surface area contributed by atoms with Crippen molar-refractivity contribution in [1.82, 2.24) is 5.32 Å². The summed E-state index contributed by atoms with van der Waals surface area (Å²) in [4.78, 5) is 23.7. The Hall–Kier alpha value is -0.770. The third-order valence-electron chi connectivity index (χ3n) is 4.23. The summed E-state index contributed by atoms with van der Waals surface area (Å²) in [5.41, 5.74) is -0.171. The Morgan fingerprint density at radius 2 is 1.64 bits per heavy atom. The fraction of sp³-hybridized carbons (Fsp3) is 0.882. The van der Waals surface area contributed by atoms with E-state index in [1.54, 1.807) is 6.92 Å². The van der Waals surface area contributed by atoms with Gasteiger partial charge in [0.1, 0.15) is 5.88 Å². The third-order valence-corrected chi connectivity index (χ3v) is 4.47. The van der Waals surface area contributed by atoms with Gasteiger partial charge in [-0.3, -0.25) is 9.59 Å². The molecule has 0 saturated heterocycles. The third kappa shape index (κ3) is 5.79. The molecule has 0 aromatic rings. The van der Waals surface area contributed by atoms with E-state index in [9.17, 15) is 9.59 Å². The van der Waals surface area contributed by atoms with Crippen LogP contribution in [0.1, 0.15) is 66.7 Å². The number of halogens is 1. The van der Waals surface area contributed by atoms with E-state index >= 15 is 0 Å². The number of hydrogen-bond acceptors (Lipinski definition) is 3. The predicted molar refractivity (Wildman–Crippen MR) is 88.9 cm³/mol. The van der Waals surface area contributed by atoms with Crippen LogP contribution in [0.3, 0.4) is 0 Å². The lowest BCUT2D eigenvalue weighted by atomic mass is 9.57. The molecule has 128 valence electrons. The first-order valence-corrected chi connectivity index (χ1v) is 8.59. The number of nitrogens with one attached hydrogen (secondary N) is 1. The molecule has 5 heteroatoms. The van der Waals surface area contributed by atoms with Crippen LogP contribution in [0, 0.1) is 10.8 Å². The molecule has 1 rings (SSSR count). The highest BCUT2D eigenvalue weighted by Crippen LogP contribution is 2.51. The van der Waals surface area contributed by atoms with Gasteiger partial charge in [0.2, 0.25) is 5.91 Å². The Labute approximate surface area is 139 Å². The fourth-order valence-electron chi connectivity index (χ4n) is 4.55. The van der Waals surface area contributed by atoms with Gasteiger partial charge in [0.15, 0.2) is 0 Å². The number of ether oxygens (including phenoxy) is 1. The molecule has 1 saturated carbocycles. The van der Waals surface area contributed by atoms with Gasteiger partial charge in [-0.2, -0.15) is 0 Å². The molecule has 0 spiro atoms. The highest BCUT2D eigenvalue weighted by atomic mass is 35.5.